The van der Waals surface area contributed by atoms with Crippen molar-refractivity contribution in [1.29, 1.82) is 0 Å². The summed E-state index contributed by atoms with van der Waals surface area (Å²) >= 11 is 1.25. The summed E-state index contributed by atoms with van der Waals surface area (Å²) in [5.41, 5.74) is -0.977. The first-order valence-corrected chi connectivity index (χ1v) is 5.70. The molecule has 0 aliphatic carbocycles. The molecule has 0 bridgehead atoms. The van der Waals surface area contributed by atoms with Crippen LogP contribution in [0.2, 0.25) is 0 Å². The van der Waals surface area contributed by atoms with Gasteiger partial charge in [0.05, 0.1) is 10.8 Å². The number of hydrogen-bond acceptors (Lipinski definition) is 4. The van der Waals surface area contributed by atoms with Crippen molar-refractivity contribution in [2.45, 2.75) is 12.8 Å². The normalized spacial score (nSPS) is 25.1. The molecule has 0 saturated carbocycles. The van der Waals surface area contributed by atoms with E-state index in [0.29, 0.717) is 31.1 Å². The Morgan fingerprint density at radius 2 is 2.13 bits per heavy atom. The quantitative estimate of drug-likeness (QED) is 0.748. The van der Waals surface area contributed by atoms with Crippen molar-refractivity contribution in [2.75, 3.05) is 19.0 Å². The fourth-order valence-corrected chi connectivity index (χ4v) is 2.85. The highest BCUT2D eigenvalue weighted by Gasteiger charge is 2.47. The lowest BCUT2D eigenvalue weighted by molar-refractivity contribution is -0.148. The zero-order chi connectivity index (χ0) is 10.9. The molecule has 0 aromatic heterocycles. The van der Waals surface area contributed by atoms with E-state index in [0.717, 1.165) is 0 Å². The molecular weight excluding hydrogens is 218 g/mol. The van der Waals surface area contributed by atoms with Gasteiger partial charge in [-0.3, -0.25) is 9.59 Å². The van der Waals surface area contributed by atoms with Crippen LogP contribution in [0.25, 0.3) is 0 Å². The van der Waals surface area contributed by atoms with Crippen LogP contribution in [0, 0.1) is 5.41 Å². The molecule has 5 nitrogen and oxygen atoms in total. The van der Waals surface area contributed by atoms with Crippen molar-refractivity contribution in [3.8, 4) is 0 Å². The molecule has 15 heavy (non-hydrogen) atoms. The second-order valence-corrected chi connectivity index (χ2v) is 4.56. The molecule has 0 aromatic carbocycles. The summed E-state index contributed by atoms with van der Waals surface area (Å²) in [5, 5.41) is 9.74. The van der Waals surface area contributed by atoms with E-state index in [2.05, 4.69) is 4.99 Å². The first-order chi connectivity index (χ1) is 7.15. The van der Waals surface area contributed by atoms with Gasteiger partial charge in [0.15, 0.2) is 0 Å². The Labute approximate surface area is 90.9 Å². The topological polar surface area (TPSA) is 76.0 Å². The molecule has 2 rings (SSSR count). The van der Waals surface area contributed by atoms with Crippen LogP contribution in [0.1, 0.15) is 12.8 Å². The Morgan fingerprint density at radius 1 is 1.47 bits per heavy atom. The van der Waals surface area contributed by atoms with Crippen molar-refractivity contribution in [1.82, 2.24) is 0 Å². The summed E-state index contributed by atoms with van der Waals surface area (Å²) in [7, 11) is 0. The third-order valence-electron chi connectivity index (χ3n) is 2.72. The molecule has 2 heterocycles. The lowest BCUT2D eigenvalue weighted by atomic mass is 9.81. The SMILES string of the molecule is O=C1CSC(C2(C(=O)O)CCOCC2)=N1. The summed E-state index contributed by atoms with van der Waals surface area (Å²) in [6.07, 6.45) is 0.808. The van der Waals surface area contributed by atoms with Gasteiger partial charge in [-0.25, -0.2) is 4.99 Å². The Bertz CT molecular complexity index is 333. The molecule has 2 aliphatic rings. The summed E-state index contributed by atoms with van der Waals surface area (Å²) in [6, 6.07) is 0. The van der Waals surface area contributed by atoms with Crippen LogP contribution in [0.5, 0.6) is 0 Å². The Kier molecular flexibility index (Phi) is 2.79. The third-order valence-corrected chi connectivity index (χ3v) is 3.87. The van der Waals surface area contributed by atoms with Gasteiger partial charge in [0.2, 0.25) is 0 Å². The fourth-order valence-electron chi connectivity index (χ4n) is 1.79. The number of carbonyl (C=O) groups is 2. The van der Waals surface area contributed by atoms with Crippen molar-refractivity contribution < 1.29 is 19.4 Å². The van der Waals surface area contributed by atoms with Gasteiger partial charge in [-0.15, -0.1) is 0 Å². The second kappa shape index (κ2) is 3.94. The Balaban J connectivity index is 2.29. The zero-order valence-corrected chi connectivity index (χ0v) is 8.88. The molecule has 1 fully saturated rings. The van der Waals surface area contributed by atoms with E-state index in [1.807, 2.05) is 0 Å². The number of carboxylic acid groups (broad SMARTS) is 1. The minimum Gasteiger partial charge on any atom is -0.481 e. The van der Waals surface area contributed by atoms with Crippen LogP contribution in [-0.2, 0) is 14.3 Å². The first-order valence-electron chi connectivity index (χ1n) is 4.71. The minimum atomic E-state index is -0.977. The number of nitrogens with zero attached hydrogens (tertiary/aromatic N) is 1. The molecule has 0 atom stereocenters. The highest BCUT2D eigenvalue weighted by molar-refractivity contribution is 8.15. The van der Waals surface area contributed by atoms with Gasteiger partial charge in [0, 0.05) is 13.2 Å². The predicted molar refractivity (Wildman–Crippen MR) is 55.0 cm³/mol. The smallest absolute Gasteiger partial charge is 0.316 e. The maximum absolute atomic E-state index is 11.3. The van der Waals surface area contributed by atoms with Crippen molar-refractivity contribution in [3.63, 3.8) is 0 Å². The van der Waals surface area contributed by atoms with E-state index < -0.39 is 11.4 Å². The van der Waals surface area contributed by atoms with Gasteiger partial charge in [0.1, 0.15) is 5.41 Å². The number of ether oxygens (including phenoxy) is 1. The number of thioether (sulfide) groups is 1. The number of carbonyl (C=O) groups excluding carboxylic acids is 1. The van der Waals surface area contributed by atoms with Gasteiger partial charge in [-0.05, 0) is 12.8 Å². The maximum Gasteiger partial charge on any atom is 0.316 e. The van der Waals surface area contributed by atoms with E-state index >= 15 is 0 Å². The lowest BCUT2D eigenvalue weighted by Gasteiger charge is -2.32. The molecule has 2 aliphatic heterocycles. The molecule has 1 saturated heterocycles. The highest BCUT2D eigenvalue weighted by atomic mass is 32.2. The lowest BCUT2D eigenvalue weighted by Crippen LogP contribution is -2.42. The van der Waals surface area contributed by atoms with Gasteiger partial charge < -0.3 is 9.84 Å². The van der Waals surface area contributed by atoms with Crippen molar-refractivity contribution >= 4 is 28.7 Å². The highest BCUT2D eigenvalue weighted by Crippen LogP contribution is 2.39. The molecule has 1 amide bonds. The standard InChI is InChI=1S/C9H11NO4S/c11-6-5-15-7(10-6)9(8(12)13)1-3-14-4-2-9/h1-5H2,(H,12,13). The summed E-state index contributed by atoms with van der Waals surface area (Å²) in [5.74, 6) is -0.862. The summed E-state index contributed by atoms with van der Waals surface area (Å²) in [4.78, 5) is 26.1. The van der Waals surface area contributed by atoms with Gasteiger partial charge >= 0.3 is 5.97 Å². The van der Waals surface area contributed by atoms with E-state index in [9.17, 15) is 14.7 Å². The van der Waals surface area contributed by atoms with Crippen LogP contribution in [-0.4, -0.2) is 41.0 Å². The number of carboxylic acids is 1. The zero-order valence-electron chi connectivity index (χ0n) is 8.06. The predicted octanol–water partition coefficient (Wildman–Crippen LogP) is 0.540. The molecule has 0 unspecified atom stereocenters. The molecule has 0 radical (unpaired) electrons. The molecule has 82 valence electrons. The van der Waals surface area contributed by atoms with Crippen LogP contribution in [0.3, 0.4) is 0 Å². The van der Waals surface area contributed by atoms with E-state index in [1.54, 1.807) is 0 Å². The van der Waals surface area contributed by atoms with Gasteiger partial charge in [-0.2, -0.15) is 0 Å². The molecule has 0 spiro atoms. The van der Waals surface area contributed by atoms with E-state index in [-0.39, 0.29) is 11.7 Å². The average molecular weight is 229 g/mol. The first kappa shape index (κ1) is 10.6. The number of rotatable bonds is 2. The van der Waals surface area contributed by atoms with Crippen molar-refractivity contribution in [2.24, 2.45) is 10.4 Å². The number of aliphatic carboxylic acids is 1. The van der Waals surface area contributed by atoms with Crippen LogP contribution < -0.4 is 0 Å². The Hall–Kier alpha value is -0.880. The van der Waals surface area contributed by atoms with E-state index in [4.69, 9.17) is 4.74 Å². The average Bonchev–Trinajstić information content (AvgIpc) is 2.66. The fraction of sp³-hybridized carbons (Fsp3) is 0.667. The number of hydrogen-bond donors (Lipinski definition) is 1. The van der Waals surface area contributed by atoms with Crippen LogP contribution in [0.4, 0.5) is 0 Å². The van der Waals surface area contributed by atoms with E-state index in [1.165, 1.54) is 11.8 Å². The van der Waals surface area contributed by atoms with Crippen LogP contribution in [0.15, 0.2) is 4.99 Å². The van der Waals surface area contributed by atoms with Crippen LogP contribution >= 0.6 is 11.8 Å². The third kappa shape index (κ3) is 1.79. The van der Waals surface area contributed by atoms with Gasteiger partial charge in [0.25, 0.3) is 5.91 Å². The van der Waals surface area contributed by atoms with Gasteiger partial charge in [-0.1, -0.05) is 11.8 Å². The minimum absolute atomic E-state index is 0.234. The maximum atomic E-state index is 11.3. The number of amides is 1. The monoisotopic (exact) mass is 229 g/mol. The molecular formula is C9H11NO4S. The largest absolute Gasteiger partial charge is 0.481 e. The second-order valence-electron chi connectivity index (χ2n) is 3.60. The van der Waals surface area contributed by atoms with Crippen molar-refractivity contribution in [3.05, 3.63) is 0 Å². The summed E-state index contributed by atoms with van der Waals surface area (Å²) < 4.78 is 5.15. The number of aliphatic imine (C=N–C) groups is 1. The molecule has 1 N–H and O–H groups in total. The summed E-state index contributed by atoms with van der Waals surface area (Å²) in [6.45, 7) is 0.833. The molecule has 0 aromatic rings. The Morgan fingerprint density at radius 3 is 2.60 bits per heavy atom. The molecule has 6 heteroatoms.